The molecule has 1 saturated heterocycles. The fourth-order valence-corrected chi connectivity index (χ4v) is 3.54. The SMILES string of the molecule is COc1ccccc1CC1(O)CCN(CC2CCC=CO2)CC1. The summed E-state index contributed by atoms with van der Waals surface area (Å²) in [5.41, 5.74) is 0.463. The maximum atomic E-state index is 10.9. The highest BCUT2D eigenvalue weighted by atomic mass is 16.5. The number of rotatable bonds is 5. The van der Waals surface area contributed by atoms with Crippen LogP contribution in [0.25, 0.3) is 0 Å². The van der Waals surface area contributed by atoms with E-state index in [0.717, 1.165) is 56.6 Å². The van der Waals surface area contributed by atoms with Gasteiger partial charge in [0.15, 0.2) is 0 Å². The van der Waals surface area contributed by atoms with Gasteiger partial charge < -0.3 is 14.6 Å². The van der Waals surface area contributed by atoms with Gasteiger partial charge in [0.1, 0.15) is 11.9 Å². The van der Waals surface area contributed by atoms with Crippen molar-refractivity contribution < 1.29 is 14.6 Å². The molecular formula is C19H27NO3. The van der Waals surface area contributed by atoms with Crippen LogP contribution in [0.4, 0.5) is 0 Å². The van der Waals surface area contributed by atoms with E-state index in [4.69, 9.17) is 9.47 Å². The summed E-state index contributed by atoms with van der Waals surface area (Å²) < 4.78 is 11.1. The summed E-state index contributed by atoms with van der Waals surface area (Å²) >= 11 is 0. The molecule has 0 aromatic heterocycles. The molecule has 4 nitrogen and oxygen atoms in total. The Labute approximate surface area is 138 Å². The van der Waals surface area contributed by atoms with Crippen molar-refractivity contribution in [2.24, 2.45) is 0 Å². The first-order valence-corrected chi connectivity index (χ1v) is 8.56. The molecule has 2 aliphatic heterocycles. The highest BCUT2D eigenvalue weighted by Crippen LogP contribution is 2.30. The van der Waals surface area contributed by atoms with Crippen LogP contribution in [-0.4, -0.2) is 48.5 Å². The standard InChI is InChI=1S/C19H27NO3/c1-22-18-8-3-2-6-16(18)14-19(21)9-11-20(12-10-19)15-17-7-4-5-13-23-17/h2-3,5-6,8,13,17,21H,4,7,9-12,14-15H2,1H3. The quantitative estimate of drug-likeness (QED) is 0.907. The number of methoxy groups -OCH3 is 1. The molecule has 23 heavy (non-hydrogen) atoms. The van der Waals surface area contributed by atoms with Gasteiger partial charge in [-0.15, -0.1) is 0 Å². The summed E-state index contributed by atoms with van der Waals surface area (Å²) in [6.07, 6.45) is 8.68. The van der Waals surface area contributed by atoms with E-state index < -0.39 is 5.60 Å². The zero-order valence-electron chi connectivity index (χ0n) is 13.9. The lowest BCUT2D eigenvalue weighted by atomic mass is 9.85. The monoisotopic (exact) mass is 317 g/mol. The highest BCUT2D eigenvalue weighted by Gasteiger charge is 2.33. The second-order valence-electron chi connectivity index (χ2n) is 6.72. The first-order valence-electron chi connectivity index (χ1n) is 8.56. The van der Waals surface area contributed by atoms with Crippen molar-refractivity contribution in [3.05, 3.63) is 42.2 Å². The summed E-state index contributed by atoms with van der Waals surface area (Å²) in [7, 11) is 1.68. The van der Waals surface area contributed by atoms with Crippen molar-refractivity contribution >= 4 is 0 Å². The van der Waals surface area contributed by atoms with Crippen molar-refractivity contribution in [3.8, 4) is 5.75 Å². The Morgan fingerprint density at radius 1 is 1.30 bits per heavy atom. The van der Waals surface area contributed by atoms with Crippen molar-refractivity contribution in [1.29, 1.82) is 0 Å². The Kier molecular flexibility index (Phi) is 5.23. The van der Waals surface area contributed by atoms with Crippen LogP contribution in [0.5, 0.6) is 5.75 Å². The summed E-state index contributed by atoms with van der Waals surface area (Å²) in [6.45, 7) is 2.82. The molecule has 0 saturated carbocycles. The van der Waals surface area contributed by atoms with E-state index >= 15 is 0 Å². The lowest BCUT2D eigenvalue weighted by Gasteiger charge is -2.39. The number of ether oxygens (including phenoxy) is 2. The third-order valence-electron chi connectivity index (χ3n) is 4.98. The largest absolute Gasteiger partial charge is 0.497 e. The number of allylic oxidation sites excluding steroid dienone is 1. The minimum absolute atomic E-state index is 0.306. The Bertz CT molecular complexity index is 535. The number of para-hydroxylation sites is 1. The third kappa shape index (κ3) is 4.27. The zero-order valence-corrected chi connectivity index (χ0v) is 13.9. The Morgan fingerprint density at radius 2 is 2.09 bits per heavy atom. The fraction of sp³-hybridized carbons (Fsp3) is 0.579. The van der Waals surface area contributed by atoms with Crippen LogP contribution in [0.1, 0.15) is 31.2 Å². The molecule has 1 aromatic carbocycles. The number of benzene rings is 1. The highest BCUT2D eigenvalue weighted by molar-refractivity contribution is 5.34. The molecule has 0 amide bonds. The number of hydrogen-bond donors (Lipinski definition) is 1. The van der Waals surface area contributed by atoms with Crippen LogP contribution in [0, 0.1) is 0 Å². The topological polar surface area (TPSA) is 41.9 Å². The average Bonchev–Trinajstić information content (AvgIpc) is 2.58. The van der Waals surface area contributed by atoms with Crippen molar-refractivity contribution in [3.63, 3.8) is 0 Å². The predicted molar refractivity (Wildman–Crippen MR) is 90.6 cm³/mol. The summed E-state index contributed by atoms with van der Waals surface area (Å²) in [6, 6.07) is 7.98. The molecule has 0 spiro atoms. The summed E-state index contributed by atoms with van der Waals surface area (Å²) in [5, 5.41) is 10.9. The van der Waals surface area contributed by atoms with E-state index in [1.54, 1.807) is 7.11 Å². The number of hydrogen-bond acceptors (Lipinski definition) is 4. The molecule has 1 unspecified atom stereocenters. The second kappa shape index (κ2) is 7.37. The van der Waals surface area contributed by atoms with Gasteiger partial charge in [0.2, 0.25) is 0 Å². The predicted octanol–water partition coefficient (Wildman–Crippen LogP) is 2.76. The van der Waals surface area contributed by atoms with E-state index in [1.165, 1.54) is 0 Å². The van der Waals surface area contributed by atoms with Gasteiger partial charge in [-0.2, -0.15) is 0 Å². The lowest BCUT2D eigenvalue weighted by molar-refractivity contribution is -0.0319. The van der Waals surface area contributed by atoms with Crippen LogP contribution in [0.3, 0.4) is 0 Å². The van der Waals surface area contributed by atoms with Crippen molar-refractivity contribution in [2.45, 2.75) is 43.8 Å². The average molecular weight is 317 g/mol. The molecule has 0 bridgehead atoms. The van der Waals surface area contributed by atoms with Gasteiger partial charge in [-0.05, 0) is 43.4 Å². The molecule has 4 heteroatoms. The number of nitrogens with zero attached hydrogens (tertiary/aromatic N) is 1. The van der Waals surface area contributed by atoms with Crippen LogP contribution in [-0.2, 0) is 11.2 Å². The van der Waals surface area contributed by atoms with Crippen LogP contribution >= 0.6 is 0 Å². The lowest BCUT2D eigenvalue weighted by Crippen LogP contribution is -2.48. The van der Waals surface area contributed by atoms with E-state index in [9.17, 15) is 5.11 Å². The molecule has 2 heterocycles. The summed E-state index contributed by atoms with van der Waals surface area (Å²) in [4.78, 5) is 2.42. The Balaban J connectivity index is 1.53. The molecule has 1 atom stereocenters. The first kappa shape index (κ1) is 16.3. The van der Waals surface area contributed by atoms with Crippen LogP contribution in [0.2, 0.25) is 0 Å². The number of likely N-dealkylation sites (tertiary alicyclic amines) is 1. The zero-order chi connectivity index (χ0) is 16.1. The van der Waals surface area contributed by atoms with Crippen LogP contribution in [0.15, 0.2) is 36.6 Å². The maximum Gasteiger partial charge on any atom is 0.122 e. The fourth-order valence-electron chi connectivity index (χ4n) is 3.54. The van der Waals surface area contributed by atoms with Gasteiger partial charge in [-0.25, -0.2) is 0 Å². The van der Waals surface area contributed by atoms with E-state index in [1.807, 2.05) is 30.5 Å². The maximum absolute atomic E-state index is 10.9. The second-order valence-corrected chi connectivity index (χ2v) is 6.72. The molecule has 0 radical (unpaired) electrons. The van der Waals surface area contributed by atoms with Gasteiger partial charge in [-0.1, -0.05) is 18.2 Å². The minimum atomic E-state index is -0.627. The molecule has 2 aliphatic rings. The molecule has 126 valence electrons. The molecular weight excluding hydrogens is 290 g/mol. The Hall–Kier alpha value is -1.52. The molecule has 1 fully saturated rings. The van der Waals surface area contributed by atoms with E-state index in [2.05, 4.69) is 11.0 Å². The van der Waals surface area contributed by atoms with Gasteiger partial charge >= 0.3 is 0 Å². The van der Waals surface area contributed by atoms with Gasteiger partial charge in [-0.3, -0.25) is 4.90 Å². The van der Waals surface area contributed by atoms with Crippen LogP contribution < -0.4 is 4.74 Å². The number of piperidine rings is 1. The minimum Gasteiger partial charge on any atom is -0.497 e. The van der Waals surface area contributed by atoms with E-state index in [-0.39, 0.29) is 0 Å². The van der Waals surface area contributed by atoms with Gasteiger partial charge in [0.25, 0.3) is 0 Å². The third-order valence-corrected chi connectivity index (χ3v) is 4.98. The smallest absolute Gasteiger partial charge is 0.122 e. The van der Waals surface area contributed by atoms with E-state index in [0.29, 0.717) is 12.5 Å². The normalized spacial score (nSPS) is 24.2. The van der Waals surface area contributed by atoms with Gasteiger partial charge in [0.05, 0.1) is 19.0 Å². The van der Waals surface area contributed by atoms with Crippen molar-refractivity contribution in [2.75, 3.05) is 26.7 Å². The summed E-state index contributed by atoms with van der Waals surface area (Å²) in [5.74, 6) is 0.866. The Morgan fingerprint density at radius 3 is 2.78 bits per heavy atom. The molecule has 3 rings (SSSR count). The van der Waals surface area contributed by atoms with Crippen molar-refractivity contribution in [1.82, 2.24) is 4.90 Å². The first-order chi connectivity index (χ1) is 11.2. The molecule has 1 N–H and O–H groups in total. The number of aliphatic hydroxyl groups is 1. The molecule has 1 aromatic rings. The molecule has 0 aliphatic carbocycles. The van der Waals surface area contributed by atoms with Gasteiger partial charge in [0, 0.05) is 26.1 Å².